The Labute approximate surface area is 138 Å². The number of aliphatic hydroxyl groups excluding tert-OH is 1. The van der Waals surface area contributed by atoms with Crippen LogP contribution in [0.5, 0.6) is 0 Å². The molecule has 0 aromatic heterocycles. The van der Waals surface area contributed by atoms with Gasteiger partial charge in [-0.1, -0.05) is 0 Å². The summed E-state index contributed by atoms with van der Waals surface area (Å²) in [6.07, 6.45) is -9.96. The third kappa shape index (κ3) is 6.25. The second-order valence-corrected chi connectivity index (χ2v) is 5.10. The fraction of sp³-hybridized carbons (Fsp3) is 0.429. The zero-order valence-electron chi connectivity index (χ0n) is 12.8. The quantitative estimate of drug-likeness (QED) is 0.775. The first kappa shape index (κ1) is 20.7. The summed E-state index contributed by atoms with van der Waals surface area (Å²) >= 11 is 0. The molecule has 0 saturated carbocycles. The van der Waals surface area contributed by atoms with E-state index < -0.39 is 55.0 Å². The molecule has 2 N–H and O–H groups in total. The van der Waals surface area contributed by atoms with Gasteiger partial charge in [-0.25, -0.2) is 0 Å². The van der Waals surface area contributed by atoms with Crippen molar-refractivity contribution in [3.63, 3.8) is 0 Å². The predicted octanol–water partition coefficient (Wildman–Crippen LogP) is 1.79. The molecule has 0 aliphatic rings. The van der Waals surface area contributed by atoms with Crippen molar-refractivity contribution in [3.8, 4) is 0 Å². The summed E-state index contributed by atoms with van der Waals surface area (Å²) in [7, 11) is 1.15. The van der Waals surface area contributed by atoms with Gasteiger partial charge in [-0.3, -0.25) is 9.59 Å². The third-order valence-corrected chi connectivity index (χ3v) is 3.07. The average Bonchev–Trinajstić information content (AvgIpc) is 2.50. The van der Waals surface area contributed by atoms with Crippen LogP contribution in [0.15, 0.2) is 18.2 Å². The molecule has 0 aliphatic carbocycles. The monoisotopic (exact) mass is 372 g/mol. The van der Waals surface area contributed by atoms with Crippen LogP contribution in [0.25, 0.3) is 0 Å². The lowest BCUT2D eigenvalue weighted by Gasteiger charge is -2.20. The molecule has 1 aromatic rings. The van der Waals surface area contributed by atoms with Gasteiger partial charge in [-0.2, -0.15) is 26.3 Å². The maximum atomic E-state index is 12.8. The smallest absolute Gasteiger partial charge is 0.387 e. The normalized spacial score (nSPS) is 12.0. The van der Waals surface area contributed by atoms with Crippen LogP contribution < -0.4 is 5.32 Å². The van der Waals surface area contributed by atoms with E-state index in [0.29, 0.717) is 12.1 Å². The summed E-state index contributed by atoms with van der Waals surface area (Å²) in [6, 6.07) is 1.03. The Morgan fingerprint density at radius 1 is 1.04 bits per heavy atom. The van der Waals surface area contributed by atoms with Gasteiger partial charge in [-0.05, 0) is 23.8 Å². The van der Waals surface area contributed by atoms with Crippen LogP contribution in [0.3, 0.4) is 0 Å². The Morgan fingerprint density at radius 2 is 1.52 bits per heavy atom. The number of halogens is 6. The number of hydrogen-bond acceptors (Lipinski definition) is 3. The first-order valence-electron chi connectivity index (χ1n) is 6.74. The van der Waals surface area contributed by atoms with Gasteiger partial charge in [0.15, 0.2) is 0 Å². The van der Waals surface area contributed by atoms with Crippen molar-refractivity contribution in [2.75, 3.05) is 20.2 Å². The lowest BCUT2D eigenvalue weighted by molar-refractivity contribution is -0.143. The summed E-state index contributed by atoms with van der Waals surface area (Å²) in [5, 5.41) is 10.5. The van der Waals surface area contributed by atoms with Gasteiger partial charge in [0.25, 0.3) is 0 Å². The van der Waals surface area contributed by atoms with Crippen molar-refractivity contribution in [1.29, 1.82) is 0 Å². The number of aliphatic hydroxyl groups is 1. The van der Waals surface area contributed by atoms with Crippen molar-refractivity contribution >= 4 is 11.8 Å². The number of nitrogens with one attached hydrogen (secondary N) is 1. The minimum Gasteiger partial charge on any atom is -0.387 e. The van der Waals surface area contributed by atoms with Gasteiger partial charge in [0.2, 0.25) is 11.8 Å². The topological polar surface area (TPSA) is 69.6 Å². The molecule has 0 radical (unpaired) electrons. The number of benzene rings is 1. The van der Waals surface area contributed by atoms with Gasteiger partial charge < -0.3 is 15.3 Å². The Bertz CT molecular complexity index is 610. The Hall–Kier alpha value is -2.30. The SMILES string of the molecule is CN(Cc1cc(C(F)(F)F)cc(C(F)(F)F)c1)C(=O)CNC(=O)CO. The highest BCUT2D eigenvalue weighted by Gasteiger charge is 2.37. The second-order valence-electron chi connectivity index (χ2n) is 5.10. The van der Waals surface area contributed by atoms with E-state index in [4.69, 9.17) is 5.11 Å². The van der Waals surface area contributed by atoms with Crippen molar-refractivity contribution in [2.24, 2.45) is 0 Å². The highest BCUT2D eigenvalue weighted by Crippen LogP contribution is 2.36. The van der Waals surface area contributed by atoms with Crippen LogP contribution in [0, 0.1) is 0 Å². The molecule has 2 amide bonds. The molecule has 0 saturated heterocycles. The maximum Gasteiger partial charge on any atom is 0.416 e. The van der Waals surface area contributed by atoms with E-state index in [2.05, 4.69) is 0 Å². The van der Waals surface area contributed by atoms with Crippen LogP contribution in [0.4, 0.5) is 26.3 Å². The Morgan fingerprint density at radius 3 is 1.92 bits per heavy atom. The molecule has 0 spiro atoms. The molecule has 0 fully saturated rings. The standard InChI is InChI=1S/C14H14F6N2O3/c1-22(12(25)5-21-11(24)7-23)6-8-2-9(13(15,16)17)4-10(3-8)14(18,19)20/h2-4,23H,5-7H2,1H3,(H,21,24). The first-order valence-corrected chi connectivity index (χ1v) is 6.74. The third-order valence-electron chi connectivity index (χ3n) is 3.07. The van der Waals surface area contributed by atoms with Crippen LogP contribution in [-0.2, 0) is 28.5 Å². The van der Waals surface area contributed by atoms with Crippen LogP contribution >= 0.6 is 0 Å². The highest BCUT2D eigenvalue weighted by atomic mass is 19.4. The number of carbonyl (C=O) groups excluding carboxylic acids is 2. The minimum absolute atomic E-state index is 0.00715. The van der Waals surface area contributed by atoms with Crippen molar-refractivity contribution < 1.29 is 41.0 Å². The maximum absolute atomic E-state index is 12.8. The van der Waals surface area contributed by atoms with E-state index in [1.165, 1.54) is 0 Å². The van der Waals surface area contributed by atoms with Gasteiger partial charge in [0.05, 0.1) is 17.7 Å². The van der Waals surface area contributed by atoms with Crippen LogP contribution in [0.1, 0.15) is 16.7 Å². The number of nitrogens with zero attached hydrogens (tertiary/aromatic N) is 1. The number of carbonyl (C=O) groups is 2. The predicted molar refractivity (Wildman–Crippen MR) is 73.0 cm³/mol. The van der Waals surface area contributed by atoms with Crippen LogP contribution in [0.2, 0.25) is 0 Å². The summed E-state index contributed by atoms with van der Waals surface area (Å²) < 4.78 is 76.6. The van der Waals surface area contributed by atoms with Crippen molar-refractivity contribution in [1.82, 2.24) is 10.2 Å². The van der Waals surface area contributed by atoms with E-state index in [1.807, 2.05) is 5.32 Å². The fourth-order valence-electron chi connectivity index (χ4n) is 1.84. The summed E-state index contributed by atoms with van der Waals surface area (Å²) in [6.45, 7) is -1.94. The van der Waals surface area contributed by atoms with Crippen molar-refractivity contribution in [3.05, 3.63) is 34.9 Å². The Balaban J connectivity index is 3.00. The number of alkyl halides is 6. The number of rotatable bonds is 5. The first-order chi connectivity index (χ1) is 11.3. The molecule has 0 atom stereocenters. The van der Waals surface area contributed by atoms with Gasteiger partial charge >= 0.3 is 12.4 Å². The molecular formula is C14H14F6N2O3. The average molecular weight is 372 g/mol. The molecule has 0 heterocycles. The zero-order chi connectivity index (χ0) is 19.4. The molecule has 0 bridgehead atoms. The largest absolute Gasteiger partial charge is 0.416 e. The number of amides is 2. The van der Waals surface area contributed by atoms with Gasteiger partial charge in [-0.15, -0.1) is 0 Å². The summed E-state index contributed by atoms with van der Waals surface area (Å²) in [5.41, 5.74) is -3.33. The molecular weight excluding hydrogens is 358 g/mol. The zero-order valence-corrected chi connectivity index (χ0v) is 12.8. The molecule has 140 valence electrons. The molecule has 25 heavy (non-hydrogen) atoms. The molecule has 1 aromatic carbocycles. The highest BCUT2D eigenvalue weighted by molar-refractivity contribution is 5.85. The molecule has 11 heteroatoms. The second kappa shape index (κ2) is 7.72. The van der Waals surface area contributed by atoms with E-state index in [1.54, 1.807) is 0 Å². The molecule has 0 aliphatic heterocycles. The van der Waals surface area contributed by atoms with Crippen LogP contribution in [-0.4, -0.2) is 42.0 Å². The molecule has 1 rings (SSSR count). The summed E-state index contributed by atoms with van der Waals surface area (Å²) in [4.78, 5) is 23.4. The van der Waals surface area contributed by atoms with Gasteiger partial charge in [0.1, 0.15) is 6.61 Å². The Kier molecular flexibility index (Phi) is 6.41. The lowest BCUT2D eigenvalue weighted by Crippen LogP contribution is -2.38. The minimum atomic E-state index is -4.98. The van der Waals surface area contributed by atoms with E-state index in [9.17, 15) is 35.9 Å². The van der Waals surface area contributed by atoms with Crippen molar-refractivity contribution in [2.45, 2.75) is 18.9 Å². The van der Waals surface area contributed by atoms with Gasteiger partial charge in [0, 0.05) is 13.6 Å². The molecule has 5 nitrogen and oxygen atoms in total. The number of hydrogen-bond donors (Lipinski definition) is 2. The van der Waals surface area contributed by atoms with E-state index in [-0.39, 0.29) is 11.6 Å². The fourth-order valence-corrected chi connectivity index (χ4v) is 1.84. The molecule has 0 unspecified atom stereocenters. The van der Waals surface area contributed by atoms with E-state index in [0.717, 1.165) is 11.9 Å². The lowest BCUT2D eigenvalue weighted by atomic mass is 10.0. The summed E-state index contributed by atoms with van der Waals surface area (Å²) in [5.74, 6) is -1.60. The number of likely N-dealkylation sites (N-methyl/N-ethyl adjacent to an activating group) is 1. The van der Waals surface area contributed by atoms with E-state index >= 15 is 0 Å².